The number of aromatic hydroxyl groups is 1. The Bertz CT molecular complexity index is 505. The summed E-state index contributed by atoms with van der Waals surface area (Å²) in [7, 11) is 0. The van der Waals surface area contributed by atoms with E-state index in [2.05, 4.69) is 5.32 Å². The first-order chi connectivity index (χ1) is 9.61. The van der Waals surface area contributed by atoms with Crippen LogP contribution in [0.4, 0.5) is 0 Å². The summed E-state index contributed by atoms with van der Waals surface area (Å²) >= 11 is 0. The molecule has 0 aliphatic carbocycles. The molecule has 1 aromatic carbocycles. The van der Waals surface area contributed by atoms with E-state index in [1.165, 1.54) is 12.1 Å². The quantitative estimate of drug-likeness (QED) is 0.644. The third-order valence-electron chi connectivity index (χ3n) is 3.21. The largest absolute Gasteiger partial charge is 0.508 e. The number of hydrogen-bond acceptors (Lipinski definition) is 4. The minimum absolute atomic E-state index is 0.101. The SMILES string of the molecule is CC(C)(C)[C@@H](N)C(=O)N[C@@H](Cc1ccc(O)cc1)C(=O)O. The fourth-order valence-electron chi connectivity index (χ4n) is 1.72. The lowest BCUT2D eigenvalue weighted by Crippen LogP contribution is -2.53. The molecule has 2 atom stereocenters. The highest BCUT2D eigenvalue weighted by atomic mass is 16.4. The van der Waals surface area contributed by atoms with Gasteiger partial charge in [0, 0.05) is 6.42 Å². The Labute approximate surface area is 124 Å². The molecule has 6 nitrogen and oxygen atoms in total. The Kier molecular flexibility index (Phi) is 5.32. The van der Waals surface area contributed by atoms with Gasteiger partial charge < -0.3 is 21.3 Å². The molecule has 0 saturated heterocycles. The molecule has 0 fully saturated rings. The minimum Gasteiger partial charge on any atom is -0.508 e. The van der Waals surface area contributed by atoms with E-state index in [1.807, 2.05) is 20.8 Å². The van der Waals surface area contributed by atoms with Crippen molar-refractivity contribution in [3.8, 4) is 5.75 Å². The summed E-state index contributed by atoms with van der Waals surface area (Å²) in [6.45, 7) is 5.44. The number of carboxylic acid groups (broad SMARTS) is 1. The zero-order valence-electron chi connectivity index (χ0n) is 12.5. The summed E-state index contributed by atoms with van der Waals surface area (Å²) in [5, 5.41) is 20.9. The van der Waals surface area contributed by atoms with Gasteiger partial charge in [-0.05, 0) is 23.1 Å². The summed E-state index contributed by atoms with van der Waals surface area (Å²) in [5.74, 6) is -1.52. The number of rotatable bonds is 5. The van der Waals surface area contributed by atoms with E-state index < -0.39 is 29.4 Å². The number of amides is 1. The van der Waals surface area contributed by atoms with Crippen LogP contribution in [0.15, 0.2) is 24.3 Å². The van der Waals surface area contributed by atoms with Crippen LogP contribution in [-0.4, -0.2) is 34.2 Å². The summed E-state index contributed by atoms with van der Waals surface area (Å²) in [4.78, 5) is 23.3. The molecule has 0 heterocycles. The normalized spacial score (nSPS) is 14.3. The van der Waals surface area contributed by atoms with Crippen LogP contribution in [-0.2, 0) is 16.0 Å². The van der Waals surface area contributed by atoms with Gasteiger partial charge in [0.2, 0.25) is 5.91 Å². The van der Waals surface area contributed by atoms with Gasteiger partial charge in [0.05, 0.1) is 6.04 Å². The lowest BCUT2D eigenvalue weighted by atomic mass is 9.86. The third-order valence-corrected chi connectivity index (χ3v) is 3.21. The lowest BCUT2D eigenvalue weighted by molar-refractivity contribution is -0.142. The number of carboxylic acids is 1. The summed E-state index contributed by atoms with van der Waals surface area (Å²) < 4.78 is 0. The van der Waals surface area contributed by atoms with Crippen molar-refractivity contribution >= 4 is 11.9 Å². The van der Waals surface area contributed by atoms with Crippen LogP contribution in [0.3, 0.4) is 0 Å². The predicted octanol–water partition coefficient (Wildman–Crippen LogP) is 0.877. The third kappa shape index (κ3) is 5.07. The Hall–Kier alpha value is -2.08. The van der Waals surface area contributed by atoms with Crippen molar-refractivity contribution in [2.75, 3.05) is 0 Å². The van der Waals surface area contributed by atoms with Crippen molar-refractivity contribution in [2.24, 2.45) is 11.1 Å². The van der Waals surface area contributed by atoms with E-state index >= 15 is 0 Å². The lowest BCUT2D eigenvalue weighted by Gasteiger charge is -2.27. The number of aliphatic carboxylic acids is 1. The molecule has 1 amide bonds. The molecule has 6 heteroatoms. The average molecular weight is 294 g/mol. The van der Waals surface area contributed by atoms with E-state index in [0.29, 0.717) is 5.56 Å². The Morgan fingerprint density at radius 3 is 2.19 bits per heavy atom. The van der Waals surface area contributed by atoms with E-state index in [9.17, 15) is 19.8 Å². The first kappa shape index (κ1) is 17.0. The van der Waals surface area contributed by atoms with Crippen LogP contribution in [0.25, 0.3) is 0 Å². The summed E-state index contributed by atoms with van der Waals surface area (Å²) in [5.41, 5.74) is 6.06. The number of benzene rings is 1. The zero-order chi connectivity index (χ0) is 16.2. The van der Waals surface area contributed by atoms with Gasteiger partial charge in [-0.2, -0.15) is 0 Å². The molecule has 1 rings (SSSR count). The summed E-state index contributed by atoms with van der Waals surface area (Å²) in [6, 6.07) is 4.31. The maximum atomic E-state index is 12.0. The Morgan fingerprint density at radius 2 is 1.76 bits per heavy atom. The molecule has 0 aliphatic rings. The fraction of sp³-hybridized carbons (Fsp3) is 0.467. The zero-order valence-corrected chi connectivity index (χ0v) is 12.5. The van der Waals surface area contributed by atoms with Crippen molar-refractivity contribution in [3.05, 3.63) is 29.8 Å². The predicted molar refractivity (Wildman–Crippen MR) is 78.8 cm³/mol. The Balaban J connectivity index is 2.77. The van der Waals surface area contributed by atoms with Gasteiger partial charge in [-0.3, -0.25) is 4.79 Å². The number of carbonyl (C=O) groups is 2. The van der Waals surface area contributed by atoms with Crippen LogP contribution < -0.4 is 11.1 Å². The highest BCUT2D eigenvalue weighted by Crippen LogP contribution is 2.18. The first-order valence-corrected chi connectivity index (χ1v) is 6.68. The molecule has 21 heavy (non-hydrogen) atoms. The molecule has 0 spiro atoms. The molecule has 0 saturated carbocycles. The number of nitrogens with one attached hydrogen (secondary N) is 1. The maximum Gasteiger partial charge on any atom is 0.326 e. The number of nitrogens with two attached hydrogens (primary N) is 1. The van der Waals surface area contributed by atoms with E-state index in [0.717, 1.165) is 0 Å². The van der Waals surface area contributed by atoms with E-state index in [-0.39, 0.29) is 12.2 Å². The smallest absolute Gasteiger partial charge is 0.326 e. The van der Waals surface area contributed by atoms with Crippen LogP contribution in [0, 0.1) is 5.41 Å². The maximum absolute atomic E-state index is 12.0. The van der Waals surface area contributed by atoms with E-state index in [1.54, 1.807) is 12.1 Å². The van der Waals surface area contributed by atoms with Gasteiger partial charge in [0.1, 0.15) is 11.8 Å². The fourth-order valence-corrected chi connectivity index (χ4v) is 1.72. The molecule has 0 bridgehead atoms. The first-order valence-electron chi connectivity index (χ1n) is 6.68. The monoisotopic (exact) mass is 294 g/mol. The van der Waals surface area contributed by atoms with Gasteiger partial charge in [-0.1, -0.05) is 32.9 Å². The van der Waals surface area contributed by atoms with Gasteiger partial charge in [0.25, 0.3) is 0 Å². The number of carbonyl (C=O) groups excluding carboxylic acids is 1. The number of phenolic OH excluding ortho intramolecular Hbond substituents is 1. The van der Waals surface area contributed by atoms with Crippen LogP contribution in [0.5, 0.6) is 5.75 Å². The van der Waals surface area contributed by atoms with Gasteiger partial charge >= 0.3 is 5.97 Å². The summed E-state index contributed by atoms with van der Waals surface area (Å²) in [6.07, 6.45) is 0.123. The van der Waals surface area contributed by atoms with Gasteiger partial charge in [0.15, 0.2) is 0 Å². The van der Waals surface area contributed by atoms with Gasteiger partial charge in [-0.15, -0.1) is 0 Å². The number of hydrogen-bond donors (Lipinski definition) is 4. The van der Waals surface area contributed by atoms with Crippen molar-refractivity contribution < 1.29 is 19.8 Å². The van der Waals surface area contributed by atoms with E-state index in [4.69, 9.17) is 5.73 Å². The van der Waals surface area contributed by atoms with Crippen LogP contribution >= 0.6 is 0 Å². The molecule has 0 aliphatic heterocycles. The second-order valence-electron chi connectivity index (χ2n) is 6.11. The van der Waals surface area contributed by atoms with Gasteiger partial charge in [-0.25, -0.2) is 4.79 Å². The molecule has 5 N–H and O–H groups in total. The molecular formula is C15H22N2O4. The van der Waals surface area contributed by atoms with Crippen molar-refractivity contribution in [2.45, 2.75) is 39.3 Å². The van der Waals surface area contributed by atoms with Crippen LogP contribution in [0.2, 0.25) is 0 Å². The molecule has 0 unspecified atom stereocenters. The molecule has 1 aromatic rings. The average Bonchev–Trinajstić information content (AvgIpc) is 2.38. The highest BCUT2D eigenvalue weighted by molar-refractivity contribution is 5.87. The topological polar surface area (TPSA) is 113 Å². The molecule has 116 valence electrons. The standard InChI is InChI=1S/C15H22N2O4/c1-15(2,3)12(16)13(19)17-11(14(20)21)8-9-4-6-10(18)7-5-9/h4-7,11-12,18H,8,16H2,1-3H3,(H,17,19)(H,20,21)/t11-,12-/m0/s1. The molecule has 0 aromatic heterocycles. The highest BCUT2D eigenvalue weighted by Gasteiger charge is 2.30. The van der Waals surface area contributed by atoms with Crippen molar-refractivity contribution in [3.63, 3.8) is 0 Å². The molecular weight excluding hydrogens is 272 g/mol. The van der Waals surface area contributed by atoms with Crippen molar-refractivity contribution in [1.29, 1.82) is 0 Å². The Morgan fingerprint density at radius 1 is 1.24 bits per heavy atom. The van der Waals surface area contributed by atoms with Crippen molar-refractivity contribution in [1.82, 2.24) is 5.32 Å². The number of phenols is 1. The van der Waals surface area contributed by atoms with Crippen LogP contribution in [0.1, 0.15) is 26.3 Å². The minimum atomic E-state index is -1.13. The second kappa shape index (κ2) is 6.58. The molecule has 0 radical (unpaired) electrons. The second-order valence-corrected chi connectivity index (χ2v) is 6.11.